The first-order valence-electron chi connectivity index (χ1n) is 6.01. The summed E-state index contributed by atoms with van der Waals surface area (Å²) in [7, 11) is 0. The molecule has 0 saturated carbocycles. The van der Waals surface area contributed by atoms with Gasteiger partial charge in [-0.25, -0.2) is 4.39 Å². The molecule has 0 spiro atoms. The van der Waals surface area contributed by atoms with Gasteiger partial charge in [-0.05, 0) is 56.6 Å². The van der Waals surface area contributed by atoms with Crippen molar-refractivity contribution in [2.24, 2.45) is 0 Å². The average Bonchev–Trinajstić information content (AvgIpc) is 2.74. The summed E-state index contributed by atoms with van der Waals surface area (Å²) in [5, 5.41) is 3.79. The van der Waals surface area contributed by atoms with Crippen molar-refractivity contribution in [2.45, 2.75) is 32.9 Å². The maximum atomic E-state index is 13.0. The quantitative estimate of drug-likeness (QED) is 0.903. The molecule has 0 atom stereocenters. The topological polar surface area (TPSA) is 24.9 Å². The SMILES string of the molecule is CC(C)(C)NCc1cc(-c2ccc(F)cc2Cl)ns1. The van der Waals surface area contributed by atoms with Crippen LogP contribution in [0.1, 0.15) is 25.6 Å². The van der Waals surface area contributed by atoms with Gasteiger partial charge in [-0.15, -0.1) is 0 Å². The molecule has 19 heavy (non-hydrogen) atoms. The first-order chi connectivity index (χ1) is 8.85. The van der Waals surface area contributed by atoms with E-state index in [1.807, 2.05) is 6.07 Å². The molecule has 5 heteroatoms. The fourth-order valence-corrected chi connectivity index (χ4v) is 2.50. The monoisotopic (exact) mass is 298 g/mol. The van der Waals surface area contributed by atoms with Crippen molar-refractivity contribution >= 4 is 23.1 Å². The van der Waals surface area contributed by atoms with Crippen LogP contribution in [0.3, 0.4) is 0 Å². The molecule has 0 bridgehead atoms. The van der Waals surface area contributed by atoms with E-state index in [0.29, 0.717) is 5.02 Å². The van der Waals surface area contributed by atoms with Gasteiger partial charge in [-0.3, -0.25) is 0 Å². The van der Waals surface area contributed by atoms with Crippen LogP contribution in [0.15, 0.2) is 24.3 Å². The van der Waals surface area contributed by atoms with Crippen molar-refractivity contribution in [1.29, 1.82) is 0 Å². The fraction of sp³-hybridized carbons (Fsp3) is 0.357. The minimum Gasteiger partial charge on any atom is -0.307 e. The first kappa shape index (κ1) is 14.4. The van der Waals surface area contributed by atoms with Gasteiger partial charge in [0.05, 0.1) is 10.7 Å². The second kappa shape index (κ2) is 5.57. The number of hydrogen-bond donors (Lipinski definition) is 1. The lowest BCUT2D eigenvalue weighted by Crippen LogP contribution is -2.34. The maximum absolute atomic E-state index is 13.0. The Hall–Kier alpha value is -0.970. The predicted octanol–water partition coefficient (Wildman–Crippen LogP) is 4.49. The Labute approximate surface area is 121 Å². The molecular weight excluding hydrogens is 283 g/mol. The molecule has 0 amide bonds. The van der Waals surface area contributed by atoms with Crippen LogP contribution in [0.2, 0.25) is 5.02 Å². The van der Waals surface area contributed by atoms with E-state index in [-0.39, 0.29) is 11.4 Å². The summed E-state index contributed by atoms with van der Waals surface area (Å²) in [6, 6.07) is 6.35. The van der Waals surface area contributed by atoms with Gasteiger partial charge < -0.3 is 5.32 Å². The average molecular weight is 299 g/mol. The Morgan fingerprint density at radius 2 is 2.05 bits per heavy atom. The van der Waals surface area contributed by atoms with Crippen LogP contribution >= 0.6 is 23.1 Å². The molecular formula is C14H16ClFN2S. The predicted molar refractivity (Wildman–Crippen MR) is 79.1 cm³/mol. The highest BCUT2D eigenvalue weighted by Gasteiger charge is 2.12. The van der Waals surface area contributed by atoms with Crippen molar-refractivity contribution < 1.29 is 4.39 Å². The van der Waals surface area contributed by atoms with Gasteiger partial charge in [0.1, 0.15) is 5.82 Å². The van der Waals surface area contributed by atoms with Crippen LogP contribution < -0.4 is 5.32 Å². The molecule has 0 aliphatic heterocycles. The Morgan fingerprint density at radius 3 is 2.68 bits per heavy atom. The molecule has 1 aromatic carbocycles. The highest BCUT2D eigenvalue weighted by atomic mass is 35.5. The molecule has 0 aliphatic rings. The van der Waals surface area contributed by atoms with Gasteiger partial charge in [-0.2, -0.15) is 4.37 Å². The van der Waals surface area contributed by atoms with Gasteiger partial charge in [-0.1, -0.05) is 11.6 Å². The van der Waals surface area contributed by atoms with E-state index < -0.39 is 0 Å². The van der Waals surface area contributed by atoms with Crippen LogP contribution in [-0.4, -0.2) is 9.91 Å². The number of hydrogen-bond acceptors (Lipinski definition) is 3. The van der Waals surface area contributed by atoms with Crippen LogP contribution in [0.5, 0.6) is 0 Å². The van der Waals surface area contributed by atoms with Crippen LogP contribution in [0, 0.1) is 5.82 Å². The third kappa shape index (κ3) is 4.00. The van der Waals surface area contributed by atoms with Crippen molar-refractivity contribution in [3.05, 3.63) is 40.0 Å². The minimum atomic E-state index is -0.335. The number of benzene rings is 1. The lowest BCUT2D eigenvalue weighted by atomic mass is 10.1. The third-order valence-corrected chi connectivity index (χ3v) is 3.66. The van der Waals surface area contributed by atoms with Gasteiger partial charge in [0, 0.05) is 22.5 Å². The summed E-state index contributed by atoms with van der Waals surface area (Å²) in [5.41, 5.74) is 1.62. The smallest absolute Gasteiger partial charge is 0.124 e. The number of nitrogens with one attached hydrogen (secondary N) is 1. The molecule has 1 heterocycles. The summed E-state index contributed by atoms with van der Waals surface area (Å²) >= 11 is 7.47. The maximum Gasteiger partial charge on any atom is 0.124 e. The van der Waals surface area contributed by atoms with E-state index in [9.17, 15) is 4.39 Å². The van der Waals surface area contributed by atoms with Crippen LogP contribution in [-0.2, 0) is 6.54 Å². The highest BCUT2D eigenvalue weighted by molar-refractivity contribution is 7.06. The van der Waals surface area contributed by atoms with E-state index in [4.69, 9.17) is 11.6 Å². The molecule has 102 valence electrons. The van der Waals surface area contributed by atoms with Crippen molar-refractivity contribution in [3.63, 3.8) is 0 Å². The molecule has 2 nitrogen and oxygen atoms in total. The highest BCUT2D eigenvalue weighted by Crippen LogP contribution is 2.29. The van der Waals surface area contributed by atoms with E-state index in [2.05, 4.69) is 30.5 Å². The minimum absolute atomic E-state index is 0.0671. The number of nitrogens with zero attached hydrogens (tertiary/aromatic N) is 1. The molecule has 0 aliphatic carbocycles. The number of halogens is 2. The van der Waals surface area contributed by atoms with Crippen LogP contribution in [0.25, 0.3) is 11.3 Å². The first-order valence-corrected chi connectivity index (χ1v) is 7.16. The van der Waals surface area contributed by atoms with Crippen molar-refractivity contribution in [1.82, 2.24) is 9.69 Å². The summed E-state index contributed by atoms with van der Waals surface area (Å²) in [4.78, 5) is 1.13. The lowest BCUT2D eigenvalue weighted by molar-refractivity contribution is 0.426. The van der Waals surface area contributed by atoms with Crippen molar-refractivity contribution in [3.8, 4) is 11.3 Å². The standard InChI is InChI=1S/C14H16ClFN2S/c1-14(2,3)17-8-10-7-13(18-19-10)11-5-4-9(16)6-12(11)15/h4-7,17H,8H2,1-3H3. The normalized spacial score (nSPS) is 11.8. The number of aromatic nitrogens is 1. The lowest BCUT2D eigenvalue weighted by Gasteiger charge is -2.19. The fourth-order valence-electron chi connectivity index (χ4n) is 1.57. The molecule has 1 N–H and O–H groups in total. The molecule has 2 aromatic rings. The van der Waals surface area contributed by atoms with Gasteiger partial charge in [0.2, 0.25) is 0 Å². The summed E-state index contributed by atoms with van der Waals surface area (Å²) < 4.78 is 17.4. The van der Waals surface area contributed by atoms with E-state index >= 15 is 0 Å². The second-order valence-corrected chi connectivity index (χ2v) is 6.70. The molecule has 0 unspecified atom stereocenters. The van der Waals surface area contributed by atoms with E-state index in [0.717, 1.165) is 22.7 Å². The largest absolute Gasteiger partial charge is 0.307 e. The zero-order chi connectivity index (χ0) is 14.0. The van der Waals surface area contributed by atoms with E-state index in [1.54, 1.807) is 6.07 Å². The third-order valence-electron chi connectivity index (χ3n) is 2.56. The zero-order valence-corrected chi connectivity index (χ0v) is 12.7. The Bertz CT molecular complexity index is 575. The van der Waals surface area contributed by atoms with Crippen molar-refractivity contribution in [2.75, 3.05) is 0 Å². The van der Waals surface area contributed by atoms with Gasteiger partial charge >= 0.3 is 0 Å². The molecule has 1 aromatic heterocycles. The molecule has 0 fully saturated rings. The Balaban J connectivity index is 2.16. The molecule has 2 rings (SSSR count). The Kier molecular flexibility index (Phi) is 4.23. The van der Waals surface area contributed by atoms with Gasteiger partial charge in [0.25, 0.3) is 0 Å². The Morgan fingerprint density at radius 1 is 1.32 bits per heavy atom. The van der Waals surface area contributed by atoms with Gasteiger partial charge in [0.15, 0.2) is 0 Å². The van der Waals surface area contributed by atoms with Crippen LogP contribution in [0.4, 0.5) is 4.39 Å². The second-order valence-electron chi connectivity index (χ2n) is 5.41. The molecule has 0 radical (unpaired) electrons. The van der Waals surface area contributed by atoms with E-state index in [1.165, 1.54) is 23.7 Å². The molecule has 0 saturated heterocycles. The summed E-state index contributed by atoms with van der Waals surface area (Å²) in [5.74, 6) is -0.335. The summed E-state index contributed by atoms with van der Waals surface area (Å²) in [6.07, 6.45) is 0. The zero-order valence-electron chi connectivity index (χ0n) is 11.1. The number of rotatable bonds is 3. The summed E-state index contributed by atoms with van der Waals surface area (Å²) in [6.45, 7) is 7.11.